The highest BCUT2D eigenvalue weighted by atomic mass is 16.4. The first kappa shape index (κ1) is 24.0. The Morgan fingerprint density at radius 1 is 0.667 bits per heavy atom. The summed E-state index contributed by atoms with van der Waals surface area (Å²) in [6, 6.07) is 26.4. The van der Waals surface area contributed by atoms with Crippen molar-refractivity contribution in [3.63, 3.8) is 0 Å². The topological polar surface area (TPSA) is 98.1 Å². The molecule has 0 aliphatic rings. The Morgan fingerprint density at radius 3 is 1.58 bits per heavy atom. The minimum Gasteiger partial charge on any atom is -0.481 e. The number of benzene rings is 3. The van der Waals surface area contributed by atoms with Gasteiger partial charge < -0.3 is 20.2 Å². The Balaban J connectivity index is 1.99. The molecule has 0 bridgehead atoms. The second kappa shape index (κ2) is 11.3. The number of aliphatic carboxylic acids is 2. The highest BCUT2D eigenvalue weighted by molar-refractivity contribution is 5.67. The average Bonchev–Trinajstić information content (AvgIpc) is 2.83. The zero-order valence-corrected chi connectivity index (χ0v) is 18.4. The number of nitrogens with zero attached hydrogens (tertiary/aromatic N) is 1. The predicted molar refractivity (Wildman–Crippen MR) is 127 cm³/mol. The third-order valence-corrected chi connectivity index (χ3v) is 5.65. The molecule has 3 aromatic rings. The Labute approximate surface area is 193 Å². The Bertz CT molecular complexity index is 993. The van der Waals surface area contributed by atoms with Gasteiger partial charge in [-0.3, -0.25) is 9.59 Å². The van der Waals surface area contributed by atoms with E-state index in [9.17, 15) is 14.7 Å². The van der Waals surface area contributed by atoms with E-state index in [1.165, 1.54) is 0 Å². The van der Waals surface area contributed by atoms with Crippen LogP contribution >= 0.6 is 0 Å². The number of carboxylic acids is 2. The third kappa shape index (κ3) is 6.20. The van der Waals surface area contributed by atoms with Gasteiger partial charge in [-0.15, -0.1) is 0 Å². The molecule has 0 saturated carbocycles. The van der Waals surface area contributed by atoms with Gasteiger partial charge in [0.15, 0.2) is 0 Å². The number of carboxylic acid groups (broad SMARTS) is 2. The molecule has 0 radical (unpaired) electrons. The first-order chi connectivity index (χ1) is 15.9. The van der Waals surface area contributed by atoms with Crippen molar-refractivity contribution in [2.24, 2.45) is 0 Å². The minimum absolute atomic E-state index is 0.0348. The van der Waals surface area contributed by atoms with E-state index >= 15 is 0 Å². The summed E-state index contributed by atoms with van der Waals surface area (Å²) in [4.78, 5) is 24.0. The molecule has 0 aromatic heterocycles. The predicted octanol–water partition coefficient (Wildman–Crippen LogP) is 4.51. The van der Waals surface area contributed by atoms with E-state index in [-0.39, 0.29) is 12.8 Å². The molecule has 0 fully saturated rings. The van der Waals surface area contributed by atoms with Crippen molar-refractivity contribution in [3.8, 4) is 0 Å². The molecule has 33 heavy (non-hydrogen) atoms. The summed E-state index contributed by atoms with van der Waals surface area (Å²) >= 11 is 0. The van der Waals surface area contributed by atoms with Gasteiger partial charge in [-0.05, 0) is 41.7 Å². The molecule has 0 unspecified atom stereocenters. The Hall–Kier alpha value is -3.64. The number of hydrogen-bond acceptors (Lipinski definition) is 4. The fraction of sp³-hybridized carbons (Fsp3) is 0.259. The van der Waals surface area contributed by atoms with Crippen LogP contribution < -0.4 is 4.90 Å². The number of hydrogen-bond donors (Lipinski definition) is 3. The second-order valence-electron chi connectivity index (χ2n) is 7.97. The van der Waals surface area contributed by atoms with E-state index < -0.39 is 17.5 Å². The van der Waals surface area contributed by atoms with Crippen LogP contribution in [-0.2, 0) is 15.2 Å². The van der Waals surface area contributed by atoms with Crippen LogP contribution in [0.4, 0.5) is 5.69 Å². The van der Waals surface area contributed by atoms with Crippen molar-refractivity contribution in [1.29, 1.82) is 0 Å². The zero-order chi connectivity index (χ0) is 23.7. The standard InChI is InChI=1S/C27H29NO5/c29-25(30)16-8-18-28(19-9-17-26(31)32)24-15-7-14-23(20-24)27(33,21-10-3-1-4-11-21)22-12-5-2-6-13-22/h1-7,10-15,20,33H,8-9,16-19H2,(H,29,30)(H,31,32). The summed E-state index contributed by atoms with van der Waals surface area (Å²) in [7, 11) is 0. The van der Waals surface area contributed by atoms with Crippen molar-refractivity contribution in [2.45, 2.75) is 31.3 Å². The maximum atomic E-state index is 12.1. The maximum absolute atomic E-state index is 12.1. The van der Waals surface area contributed by atoms with Crippen molar-refractivity contribution >= 4 is 17.6 Å². The molecule has 3 rings (SSSR count). The Kier molecular flexibility index (Phi) is 8.22. The SMILES string of the molecule is O=C(O)CCCN(CCCC(=O)O)c1cccc(C(O)(c2ccccc2)c2ccccc2)c1. The molecule has 172 valence electrons. The van der Waals surface area contributed by atoms with Crippen LogP contribution in [0.3, 0.4) is 0 Å². The zero-order valence-electron chi connectivity index (χ0n) is 18.4. The largest absolute Gasteiger partial charge is 0.481 e. The molecule has 3 aromatic carbocycles. The van der Waals surface area contributed by atoms with Crippen LogP contribution in [-0.4, -0.2) is 40.3 Å². The normalized spacial score (nSPS) is 11.2. The molecular weight excluding hydrogens is 418 g/mol. The van der Waals surface area contributed by atoms with Crippen LogP contribution in [0.5, 0.6) is 0 Å². The van der Waals surface area contributed by atoms with Gasteiger partial charge in [-0.2, -0.15) is 0 Å². The van der Waals surface area contributed by atoms with Gasteiger partial charge in [-0.1, -0.05) is 72.8 Å². The maximum Gasteiger partial charge on any atom is 0.303 e. The van der Waals surface area contributed by atoms with Gasteiger partial charge in [0.1, 0.15) is 5.60 Å². The average molecular weight is 448 g/mol. The highest BCUT2D eigenvalue weighted by Gasteiger charge is 2.34. The van der Waals surface area contributed by atoms with Gasteiger partial charge in [0.25, 0.3) is 0 Å². The van der Waals surface area contributed by atoms with E-state index in [0.29, 0.717) is 31.5 Å². The summed E-state index contributed by atoms with van der Waals surface area (Å²) in [6.45, 7) is 0.953. The molecule has 0 heterocycles. The second-order valence-corrected chi connectivity index (χ2v) is 7.97. The van der Waals surface area contributed by atoms with Gasteiger partial charge in [0, 0.05) is 31.6 Å². The first-order valence-corrected chi connectivity index (χ1v) is 11.0. The Morgan fingerprint density at radius 2 is 1.12 bits per heavy atom. The third-order valence-electron chi connectivity index (χ3n) is 5.65. The van der Waals surface area contributed by atoms with E-state index in [4.69, 9.17) is 10.2 Å². The van der Waals surface area contributed by atoms with Crippen LogP contribution in [0.1, 0.15) is 42.4 Å². The van der Waals surface area contributed by atoms with Crippen LogP contribution in [0.2, 0.25) is 0 Å². The fourth-order valence-electron chi connectivity index (χ4n) is 4.00. The smallest absolute Gasteiger partial charge is 0.303 e. The van der Waals surface area contributed by atoms with Crippen LogP contribution in [0, 0.1) is 0 Å². The number of aliphatic hydroxyl groups is 1. The summed E-state index contributed by atoms with van der Waals surface area (Å²) in [6.07, 6.45) is 0.947. The van der Waals surface area contributed by atoms with E-state index in [1.807, 2.05) is 89.8 Å². The molecule has 0 amide bonds. The monoisotopic (exact) mass is 447 g/mol. The molecular formula is C27H29NO5. The van der Waals surface area contributed by atoms with Crippen molar-refractivity contribution < 1.29 is 24.9 Å². The van der Waals surface area contributed by atoms with Crippen LogP contribution in [0.15, 0.2) is 84.9 Å². The van der Waals surface area contributed by atoms with E-state index in [2.05, 4.69) is 0 Å². The molecule has 3 N–H and O–H groups in total. The molecule has 0 aliphatic heterocycles. The number of anilines is 1. The number of carbonyl (C=O) groups is 2. The van der Waals surface area contributed by atoms with Gasteiger partial charge in [0.2, 0.25) is 0 Å². The minimum atomic E-state index is -1.38. The highest BCUT2D eigenvalue weighted by Crippen LogP contribution is 2.38. The lowest BCUT2D eigenvalue weighted by molar-refractivity contribution is -0.138. The van der Waals surface area contributed by atoms with E-state index in [1.54, 1.807) is 0 Å². The van der Waals surface area contributed by atoms with Crippen LogP contribution in [0.25, 0.3) is 0 Å². The molecule has 6 nitrogen and oxygen atoms in total. The lowest BCUT2D eigenvalue weighted by Crippen LogP contribution is -2.30. The van der Waals surface area contributed by atoms with Crippen molar-refractivity contribution in [2.75, 3.05) is 18.0 Å². The molecule has 0 spiro atoms. The summed E-state index contributed by atoms with van der Waals surface area (Å²) in [5.41, 5.74) is 1.58. The lowest BCUT2D eigenvalue weighted by atomic mass is 9.80. The van der Waals surface area contributed by atoms with Gasteiger partial charge in [0.05, 0.1) is 0 Å². The quantitative estimate of drug-likeness (QED) is 0.354. The van der Waals surface area contributed by atoms with Crippen molar-refractivity contribution in [1.82, 2.24) is 0 Å². The fourth-order valence-corrected chi connectivity index (χ4v) is 4.00. The molecule has 6 heteroatoms. The molecule has 0 atom stereocenters. The van der Waals surface area contributed by atoms with Gasteiger partial charge >= 0.3 is 11.9 Å². The molecule has 0 saturated heterocycles. The summed E-state index contributed by atoms with van der Waals surface area (Å²) in [5, 5.41) is 30.1. The first-order valence-electron chi connectivity index (χ1n) is 11.0. The summed E-state index contributed by atoms with van der Waals surface area (Å²) < 4.78 is 0. The lowest BCUT2D eigenvalue weighted by Gasteiger charge is -2.32. The van der Waals surface area contributed by atoms with E-state index in [0.717, 1.165) is 16.8 Å². The van der Waals surface area contributed by atoms with Crippen molar-refractivity contribution in [3.05, 3.63) is 102 Å². The molecule has 0 aliphatic carbocycles. The van der Waals surface area contributed by atoms with Gasteiger partial charge in [-0.25, -0.2) is 0 Å². The summed E-state index contributed by atoms with van der Waals surface area (Å²) in [5.74, 6) is -1.73. The number of rotatable bonds is 12.